The molecule has 1 aliphatic heterocycles. The summed E-state index contributed by atoms with van der Waals surface area (Å²) >= 11 is 0. The van der Waals surface area contributed by atoms with Gasteiger partial charge in [0.2, 0.25) is 5.88 Å². The molecule has 6 heteroatoms. The molecule has 6 nitrogen and oxygen atoms in total. The zero-order chi connectivity index (χ0) is 15.5. The van der Waals surface area contributed by atoms with E-state index in [1.807, 2.05) is 27.7 Å². The van der Waals surface area contributed by atoms with Crippen molar-refractivity contribution in [2.24, 2.45) is 0 Å². The Bertz CT molecular complexity index is 499. The van der Waals surface area contributed by atoms with Crippen molar-refractivity contribution >= 4 is 6.09 Å². The molecule has 0 aliphatic carbocycles. The molecule has 1 atom stereocenters. The summed E-state index contributed by atoms with van der Waals surface area (Å²) in [6.45, 7) is 8.73. The van der Waals surface area contributed by atoms with Crippen LogP contribution in [-0.2, 0) is 4.74 Å². The summed E-state index contributed by atoms with van der Waals surface area (Å²) in [5, 5.41) is 0. The van der Waals surface area contributed by atoms with Gasteiger partial charge in [0, 0.05) is 18.3 Å². The lowest BCUT2D eigenvalue weighted by Crippen LogP contribution is -2.46. The number of piperidine rings is 1. The number of carbonyl (C=O) groups is 1. The number of nitrogens with zero attached hydrogens (tertiary/aromatic N) is 3. The van der Waals surface area contributed by atoms with Crippen LogP contribution in [0.1, 0.15) is 39.3 Å². The zero-order valence-electron chi connectivity index (χ0n) is 13.1. The quantitative estimate of drug-likeness (QED) is 0.838. The summed E-state index contributed by atoms with van der Waals surface area (Å²) in [5.41, 5.74) is 0.383. The van der Waals surface area contributed by atoms with Crippen LogP contribution in [-0.4, -0.2) is 45.8 Å². The summed E-state index contributed by atoms with van der Waals surface area (Å²) in [5.74, 6) is 0.554. The highest BCUT2D eigenvalue weighted by Gasteiger charge is 2.28. The van der Waals surface area contributed by atoms with Gasteiger partial charge in [0.25, 0.3) is 0 Å². The predicted molar refractivity (Wildman–Crippen MR) is 78.2 cm³/mol. The monoisotopic (exact) mass is 293 g/mol. The van der Waals surface area contributed by atoms with E-state index in [0.29, 0.717) is 19.0 Å². The van der Waals surface area contributed by atoms with Gasteiger partial charge >= 0.3 is 6.09 Å². The average molecular weight is 293 g/mol. The van der Waals surface area contributed by atoms with Crippen LogP contribution in [0.5, 0.6) is 5.88 Å². The molecule has 0 spiro atoms. The topological polar surface area (TPSA) is 64.5 Å². The van der Waals surface area contributed by atoms with Gasteiger partial charge in [-0.05, 0) is 40.5 Å². The van der Waals surface area contributed by atoms with Crippen molar-refractivity contribution in [1.29, 1.82) is 0 Å². The third-order valence-electron chi connectivity index (χ3n) is 3.10. The van der Waals surface area contributed by atoms with E-state index in [9.17, 15) is 4.79 Å². The van der Waals surface area contributed by atoms with Crippen molar-refractivity contribution in [2.45, 2.75) is 52.2 Å². The van der Waals surface area contributed by atoms with E-state index in [1.165, 1.54) is 6.33 Å². The fraction of sp³-hybridized carbons (Fsp3) is 0.667. The molecule has 1 fully saturated rings. The molecule has 0 N–H and O–H groups in total. The molecule has 1 saturated heterocycles. The van der Waals surface area contributed by atoms with Crippen LogP contribution in [0.2, 0.25) is 0 Å². The van der Waals surface area contributed by atoms with E-state index in [2.05, 4.69) is 9.97 Å². The van der Waals surface area contributed by atoms with E-state index in [1.54, 1.807) is 11.0 Å². The molecule has 0 bridgehead atoms. The molecule has 0 unspecified atom stereocenters. The Hall–Kier alpha value is -1.85. The zero-order valence-corrected chi connectivity index (χ0v) is 13.1. The third-order valence-corrected chi connectivity index (χ3v) is 3.10. The second-order valence-corrected chi connectivity index (χ2v) is 6.31. The number of amides is 1. The molecule has 1 aliphatic rings. The summed E-state index contributed by atoms with van der Waals surface area (Å²) < 4.78 is 11.2. The average Bonchev–Trinajstić information content (AvgIpc) is 2.37. The van der Waals surface area contributed by atoms with Crippen LogP contribution in [0.15, 0.2) is 12.4 Å². The molecule has 2 rings (SSSR count). The molecule has 1 aromatic heterocycles. The Morgan fingerprint density at radius 1 is 1.38 bits per heavy atom. The van der Waals surface area contributed by atoms with E-state index >= 15 is 0 Å². The largest absolute Gasteiger partial charge is 0.472 e. The maximum absolute atomic E-state index is 12.1. The lowest BCUT2D eigenvalue weighted by molar-refractivity contribution is 0.00719. The van der Waals surface area contributed by atoms with Crippen LogP contribution in [0.25, 0.3) is 0 Å². The number of carbonyl (C=O) groups excluding carboxylic acids is 1. The fourth-order valence-corrected chi connectivity index (χ4v) is 2.19. The van der Waals surface area contributed by atoms with Gasteiger partial charge in [-0.3, -0.25) is 0 Å². The van der Waals surface area contributed by atoms with E-state index < -0.39 is 5.60 Å². The van der Waals surface area contributed by atoms with Gasteiger partial charge in [-0.1, -0.05) is 0 Å². The summed E-state index contributed by atoms with van der Waals surface area (Å²) in [6.07, 6.45) is 2.95. The molecule has 21 heavy (non-hydrogen) atoms. The maximum atomic E-state index is 12.1. The van der Waals surface area contributed by atoms with E-state index in [4.69, 9.17) is 9.47 Å². The highest BCUT2D eigenvalue weighted by atomic mass is 16.6. The highest BCUT2D eigenvalue weighted by molar-refractivity contribution is 5.68. The Morgan fingerprint density at radius 3 is 2.81 bits per heavy atom. The fourth-order valence-electron chi connectivity index (χ4n) is 2.19. The summed E-state index contributed by atoms with van der Waals surface area (Å²) in [7, 11) is 0. The van der Waals surface area contributed by atoms with Gasteiger partial charge in [0.15, 0.2) is 0 Å². The van der Waals surface area contributed by atoms with Crippen LogP contribution in [0.4, 0.5) is 4.79 Å². The van der Waals surface area contributed by atoms with Gasteiger partial charge < -0.3 is 14.4 Å². The second-order valence-electron chi connectivity index (χ2n) is 6.31. The van der Waals surface area contributed by atoms with Crippen molar-refractivity contribution in [1.82, 2.24) is 14.9 Å². The summed E-state index contributed by atoms with van der Waals surface area (Å²) in [6, 6.07) is 1.80. The first kappa shape index (κ1) is 15.5. The lowest BCUT2D eigenvalue weighted by Gasteiger charge is -2.33. The molecular formula is C15H23N3O3. The molecular weight excluding hydrogens is 270 g/mol. The molecule has 0 radical (unpaired) electrons. The van der Waals surface area contributed by atoms with Gasteiger partial charge in [0.1, 0.15) is 18.0 Å². The smallest absolute Gasteiger partial charge is 0.410 e. The number of ether oxygens (including phenoxy) is 2. The Balaban J connectivity index is 1.93. The Labute approximate surface area is 125 Å². The van der Waals surface area contributed by atoms with Crippen LogP contribution in [0.3, 0.4) is 0 Å². The van der Waals surface area contributed by atoms with Gasteiger partial charge in [-0.15, -0.1) is 0 Å². The molecule has 116 valence electrons. The number of hydrogen-bond acceptors (Lipinski definition) is 5. The van der Waals surface area contributed by atoms with Crippen LogP contribution >= 0.6 is 0 Å². The van der Waals surface area contributed by atoms with Gasteiger partial charge in [-0.2, -0.15) is 0 Å². The van der Waals surface area contributed by atoms with Crippen LogP contribution in [0, 0.1) is 6.92 Å². The first-order valence-corrected chi connectivity index (χ1v) is 7.27. The number of likely N-dealkylation sites (tertiary alicyclic amines) is 1. The van der Waals surface area contributed by atoms with E-state index in [0.717, 1.165) is 18.5 Å². The van der Waals surface area contributed by atoms with Crippen molar-refractivity contribution < 1.29 is 14.3 Å². The first-order chi connectivity index (χ1) is 9.83. The van der Waals surface area contributed by atoms with Crippen LogP contribution < -0.4 is 4.74 Å². The summed E-state index contributed by atoms with van der Waals surface area (Å²) in [4.78, 5) is 21.9. The second kappa shape index (κ2) is 6.28. The van der Waals surface area contributed by atoms with Crippen molar-refractivity contribution in [2.75, 3.05) is 13.1 Å². The molecule has 1 aromatic rings. The minimum atomic E-state index is -0.478. The Morgan fingerprint density at radius 2 is 2.14 bits per heavy atom. The number of aromatic nitrogens is 2. The van der Waals surface area contributed by atoms with Crippen molar-refractivity contribution in [3.05, 3.63) is 18.1 Å². The molecule has 1 amide bonds. The minimum absolute atomic E-state index is 0.0550. The predicted octanol–water partition coefficient (Wildman–Crippen LogP) is 2.56. The number of aryl methyl sites for hydroxylation is 1. The van der Waals surface area contributed by atoms with Crippen molar-refractivity contribution in [3.63, 3.8) is 0 Å². The highest BCUT2D eigenvalue weighted by Crippen LogP contribution is 2.19. The third kappa shape index (κ3) is 4.88. The number of rotatable bonds is 2. The molecule has 2 heterocycles. The maximum Gasteiger partial charge on any atom is 0.410 e. The first-order valence-electron chi connectivity index (χ1n) is 7.27. The number of hydrogen-bond donors (Lipinski definition) is 0. The SMILES string of the molecule is Cc1cc(O[C@@H]2CCCN(C(=O)OC(C)(C)C)C2)ncn1. The lowest BCUT2D eigenvalue weighted by atomic mass is 10.1. The normalized spacial score (nSPS) is 19.2. The van der Waals surface area contributed by atoms with Crippen molar-refractivity contribution in [3.8, 4) is 5.88 Å². The van der Waals surface area contributed by atoms with Gasteiger partial charge in [-0.25, -0.2) is 14.8 Å². The molecule has 0 aromatic carbocycles. The van der Waals surface area contributed by atoms with Gasteiger partial charge in [0.05, 0.1) is 6.54 Å². The van der Waals surface area contributed by atoms with E-state index in [-0.39, 0.29) is 12.2 Å². The minimum Gasteiger partial charge on any atom is -0.472 e. The molecule has 0 saturated carbocycles. The Kier molecular flexibility index (Phi) is 4.65. The standard InChI is InChI=1S/C15H23N3O3/c1-11-8-13(17-10-16-11)20-12-6-5-7-18(9-12)14(19)21-15(2,3)4/h8,10,12H,5-7,9H2,1-4H3/t12-/m1/s1.